The second-order valence-electron chi connectivity index (χ2n) is 3.45. The number of nitrogens with zero attached hydrogens (tertiary/aromatic N) is 1. The molecule has 0 saturated heterocycles. The first kappa shape index (κ1) is 13.1. The molecule has 1 aromatic rings. The van der Waals surface area contributed by atoms with Gasteiger partial charge in [0.05, 0.1) is 5.56 Å². The molecule has 0 aromatic heterocycles. The zero-order valence-electron chi connectivity index (χ0n) is 9.26. The Balaban J connectivity index is 2.83. The summed E-state index contributed by atoms with van der Waals surface area (Å²) < 4.78 is 13.6. The molecule has 1 rings (SSSR count). The predicted octanol–water partition coefficient (Wildman–Crippen LogP) is 1.88. The normalized spacial score (nSPS) is 10.2. The van der Waals surface area contributed by atoms with Gasteiger partial charge in [-0.05, 0) is 41.2 Å². The average Bonchev–Trinajstić information content (AvgIpc) is 2.28. The van der Waals surface area contributed by atoms with Crippen LogP contribution >= 0.6 is 15.9 Å². The van der Waals surface area contributed by atoms with Gasteiger partial charge in [-0.25, -0.2) is 4.39 Å². The van der Waals surface area contributed by atoms with E-state index in [-0.39, 0.29) is 5.91 Å². The standard InChI is InChI=1S/C11H14BrFN2O/c1-14-5-6-15(2)11(16)9-7-8(13)3-4-10(9)12/h3-4,7,14H,5-6H2,1-2H3. The molecule has 88 valence electrons. The van der Waals surface area contributed by atoms with Crippen LogP contribution in [-0.4, -0.2) is 38.0 Å². The number of hydrogen-bond acceptors (Lipinski definition) is 2. The van der Waals surface area contributed by atoms with Gasteiger partial charge in [0.2, 0.25) is 0 Å². The molecule has 1 amide bonds. The summed E-state index contributed by atoms with van der Waals surface area (Å²) in [5.41, 5.74) is 0.346. The molecule has 0 radical (unpaired) electrons. The van der Waals surface area contributed by atoms with Crippen molar-refractivity contribution < 1.29 is 9.18 Å². The third-order valence-corrected chi connectivity index (χ3v) is 2.89. The van der Waals surface area contributed by atoms with E-state index in [0.29, 0.717) is 23.1 Å². The van der Waals surface area contributed by atoms with Gasteiger partial charge in [0.25, 0.3) is 5.91 Å². The van der Waals surface area contributed by atoms with Crippen molar-refractivity contribution in [3.63, 3.8) is 0 Å². The lowest BCUT2D eigenvalue weighted by molar-refractivity contribution is 0.0795. The van der Waals surface area contributed by atoms with Crippen LogP contribution < -0.4 is 5.32 Å². The van der Waals surface area contributed by atoms with Gasteiger partial charge in [0.1, 0.15) is 5.82 Å². The van der Waals surface area contributed by atoms with Gasteiger partial charge in [0.15, 0.2) is 0 Å². The molecular weight excluding hydrogens is 275 g/mol. The molecule has 0 heterocycles. The number of carbonyl (C=O) groups excluding carboxylic acids is 1. The summed E-state index contributed by atoms with van der Waals surface area (Å²) in [5.74, 6) is -0.602. The molecule has 0 fully saturated rings. The molecule has 0 saturated carbocycles. The van der Waals surface area contributed by atoms with Crippen molar-refractivity contribution in [1.29, 1.82) is 0 Å². The van der Waals surface area contributed by atoms with Crippen molar-refractivity contribution in [3.8, 4) is 0 Å². The second-order valence-corrected chi connectivity index (χ2v) is 4.31. The van der Waals surface area contributed by atoms with E-state index in [0.717, 1.165) is 0 Å². The van der Waals surface area contributed by atoms with Gasteiger partial charge >= 0.3 is 0 Å². The van der Waals surface area contributed by atoms with Crippen LogP contribution in [0.1, 0.15) is 10.4 Å². The van der Waals surface area contributed by atoms with Crippen molar-refractivity contribution in [2.45, 2.75) is 0 Å². The van der Waals surface area contributed by atoms with Crippen molar-refractivity contribution in [2.24, 2.45) is 0 Å². The van der Waals surface area contributed by atoms with Gasteiger partial charge in [-0.15, -0.1) is 0 Å². The van der Waals surface area contributed by atoms with Crippen LogP contribution in [0.2, 0.25) is 0 Å². The molecule has 0 aliphatic rings. The number of nitrogens with one attached hydrogen (secondary N) is 1. The van der Waals surface area contributed by atoms with Crippen molar-refractivity contribution >= 4 is 21.8 Å². The number of carbonyl (C=O) groups is 1. The third-order valence-electron chi connectivity index (χ3n) is 2.20. The molecular formula is C11H14BrFN2O. The highest BCUT2D eigenvalue weighted by Crippen LogP contribution is 2.19. The summed E-state index contributed by atoms with van der Waals surface area (Å²) >= 11 is 3.24. The Labute approximate surface area is 103 Å². The summed E-state index contributed by atoms with van der Waals surface area (Å²) in [6, 6.07) is 4.09. The summed E-state index contributed by atoms with van der Waals surface area (Å²) in [4.78, 5) is 13.5. The highest BCUT2D eigenvalue weighted by molar-refractivity contribution is 9.10. The molecule has 0 aliphatic heterocycles. The summed E-state index contributed by atoms with van der Waals surface area (Å²) in [6.07, 6.45) is 0. The third kappa shape index (κ3) is 3.28. The Morgan fingerprint density at radius 1 is 1.56 bits per heavy atom. The summed E-state index contributed by atoms with van der Waals surface area (Å²) in [5, 5.41) is 2.95. The molecule has 0 atom stereocenters. The van der Waals surface area contributed by atoms with E-state index < -0.39 is 5.82 Å². The summed E-state index contributed by atoms with van der Waals surface area (Å²) in [6.45, 7) is 1.29. The Morgan fingerprint density at radius 3 is 2.88 bits per heavy atom. The lowest BCUT2D eigenvalue weighted by Gasteiger charge is -2.17. The fourth-order valence-corrected chi connectivity index (χ4v) is 1.66. The SMILES string of the molecule is CNCCN(C)C(=O)c1cc(F)ccc1Br. The molecule has 0 spiro atoms. The lowest BCUT2D eigenvalue weighted by Crippen LogP contribution is -2.33. The van der Waals surface area contributed by atoms with Crippen LogP contribution in [0.3, 0.4) is 0 Å². The van der Waals surface area contributed by atoms with Crippen LogP contribution in [0, 0.1) is 5.82 Å². The van der Waals surface area contributed by atoms with Crippen LogP contribution in [0.15, 0.2) is 22.7 Å². The fourth-order valence-electron chi connectivity index (χ4n) is 1.25. The van der Waals surface area contributed by atoms with Gasteiger partial charge in [0, 0.05) is 24.6 Å². The molecule has 3 nitrogen and oxygen atoms in total. The zero-order chi connectivity index (χ0) is 12.1. The Morgan fingerprint density at radius 2 is 2.25 bits per heavy atom. The van der Waals surface area contributed by atoms with E-state index in [1.165, 1.54) is 18.2 Å². The van der Waals surface area contributed by atoms with Crippen LogP contribution in [0.5, 0.6) is 0 Å². The van der Waals surface area contributed by atoms with E-state index in [9.17, 15) is 9.18 Å². The quantitative estimate of drug-likeness (QED) is 0.918. The molecule has 0 unspecified atom stereocenters. The van der Waals surface area contributed by atoms with Crippen molar-refractivity contribution in [2.75, 3.05) is 27.2 Å². The first-order valence-corrected chi connectivity index (χ1v) is 5.70. The van der Waals surface area contributed by atoms with Crippen LogP contribution in [-0.2, 0) is 0 Å². The van der Waals surface area contributed by atoms with Crippen LogP contribution in [0.4, 0.5) is 4.39 Å². The zero-order valence-corrected chi connectivity index (χ0v) is 10.8. The topological polar surface area (TPSA) is 32.3 Å². The smallest absolute Gasteiger partial charge is 0.254 e. The Bertz CT molecular complexity index is 384. The fraction of sp³-hybridized carbons (Fsp3) is 0.364. The van der Waals surface area contributed by atoms with E-state index in [1.54, 1.807) is 11.9 Å². The number of hydrogen-bond donors (Lipinski definition) is 1. The highest BCUT2D eigenvalue weighted by Gasteiger charge is 2.15. The number of benzene rings is 1. The average molecular weight is 289 g/mol. The van der Waals surface area contributed by atoms with Gasteiger partial charge in [-0.3, -0.25) is 4.79 Å². The maximum atomic E-state index is 13.0. The maximum absolute atomic E-state index is 13.0. The number of likely N-dealkylation sites (N-methyl/N-ethyl adjacent to an activating group) is 2. The van der Waals surface area contributed by atoms with Gasteiger partial charge < -0.3 is 10.2 Å². The first-order valence-electron chi connectivity index (χ1n) is 4.91. The minimum atomic E-state index is -0.409. The minimum Gasteiger partial charge on any atom is -0.340 e. The van der Waals surface area contributed by atoms with Gasteiger partial charge in [-0.2, -0.15) is 0 Å². The molecule has 5 heteroatoms. The molecule has 0 aliphatic carbocycles. The molecule has 1 aromatic carbocycles. The monoisotopic (exact) mass is 288 g/mol. The number of rotatable bonds is 4. The number of amides is 1. The van der Waals surface area contributed by atoms with E-state index >= 15 is 0 Å². The Kier molecular flexibility index (Phi) is 4.89. The lowest BCUT2D eigenvalue weighted by atomic mass is 10.2. The molecule has 0 bridgehead atoms. The summed E-state index contributed by atoms with van der Waals surface area (Å²) in [7, 11) is 3.51. The largest absolute Gasteiger partial charge is 0.340 e. The van der Waals surface area contributed by atoms with E-state index in [1.807, 2.05) is 7.05 Å². The van der Waals surface area contributed by atoms with Crippen molar-refractivity contribution in [3.05, 3.63) is 34.1 Å². The van der Waals surface area contributed by atoms with E-state index in [4.69, 9.17) is 0 Å². The number of halogens is 2. The van der Waals surface area contributed by atoms with Crippen molar-refractivity contribution in [1.82, 2.24) is 10.2 Å². The van der Waals surface area contributed by atoms with E-state index in [2.05, 4.69) is 21.2 Å². The van der Waals surface area contributed by atoms with Gasteiger partial charge in [-0.1, -0.05) is 0 Å². The first-order chi connectivity index (χ1) is 7.56. The second kappa shape index (κ2) is 5.96. The molecule has 16 heavy (non-hydrogen) atoms. The van der Waals surface area contributed by atoms with Crippen LogP contribution in [0.25, 0.3) is 0 Å². The minimum absolute atomic E-state index is 0.193. The predicted molar refractivity (Wildman–Crippen MR) is 65.0 cm³/mol. The maximum Gasteiger partial charge on any atom is 0.254 e. The Hall–Kier alpha value is -0.940. The molecule has 1 N–H and O–H groups in total. The highest BCUT2D eigenvalue weighted by atomic mass is 79.9.